The molecule has 5 rings (SSSR count). The molecule has 0 bridgehead atoms. The highest BCUT2D eigenvalue weighted by Gasteiger charge is 2.30. The van der Waals surface area contributed by atoms with Crippen LogP contribution >= 0.6 is 11.8 Å². The average Bonchev–Trinajstić information content (AvgIpc) is 3.42. The number of amidine groups is 1. The Morgan fingerprint density at radius 1 is 0.947 bits per heavy atom. The van der Waals surface area contributed by atoms with Crippen molar-refractivity contribution >= 4 is 45.5 Å². The van der Waals surface area contributed by atoms with Crippen LogP contribution in [0.4, 0.5) is 5.69 Å². The molecule has 2 heterocycles. The molecule has 1 aliphatic heterocycles. The Balaban J connectivity index is 1.36. The first-order valence-electron chi connectivity index (χ1n) is 12.4. The summed E-state index contributed by atoms with van der Waals surface area (Å²) in [6.45, 7) is 3.68. The van der Waals surface area contributed by atoms with Gasteiger partial charge in [-0.1, -0.05) is 30.3 Å². The molecule has 0 N–H and O–H groups in total. The number of carbonyl (C=O) groups is 1. The number of hydrogen-bond donors (Lipinski definition) is 0. The molecule has 0 atom stereocenters. The molecule has 0 aliphatic carbocycles. The van der Waals surface area contributed by atoms with Crippen LogP contribution in [-0.2, 0) is 11.3 Å². The fourth-order valence-corrected chi connectivity index (χ4v) is 5.23. The monoisotopic (exact) mass is 527 g/mol. The van der Waals surface area contributed by atoms with Gasteiger partial charge >= 0.3 is 0 Å². The topological polar surface area (TPSA) is 65.3 Å². The van der Waals surface area contributed by atoms with Crippen molar-refractivity contribution in [2.24, 2.45) is 4.99 Å². The van der Waals surface area contributed by atoms with Crippen LogP contribution in [0.15, 0.2) is 88.9 Å². The van der Waals surface area contributed by atoms with Crippen LogP contribution in [0.5, 0.6) is 17.2 Å². The molecule has 1 amide bonds. The van der Waals surface area contributed by atoms with E-state index < -0.39 is 0 Å². The second kappa shape index (κ2) is 11.5. The molecule has 1 fully saturated rings. The maximum absolute atomic E-state index is 13.1. The average molecular weight is 528 g/mol. The van der Waals surface area contributed by atoms with Gasteiger partial charge in [-0.25, -0.2) is 4.99 Å². The number of methoxy groups -OCH3 is 1. The number of likely N-dealkylation sites (N-methyl/N-ethyl adjacent to an activating group) is 1. The van der Waals surface area contributed by atoms with Crippen molar-refractivity contribution in [3.05, 3.63) is 89.5 Å². The van der Waals surface area contributed by atoms with Crippen LogP contribution in [0.3, 0.4) is 0 Å². The molecule has 0 saturated carbocycles. The zero-order valence-corrected chi connectivity index (χ0v) is 22.4. The lowest BCUT2D eigenvalue weighted by Gasteiger charge is -2.11. The van der Waals surface area contributed by atoms with E-state index in [0.717, 1.165) is 27.9 Å². The molecule has 1 aliphatic rings. The number of rotatable bonds is 9. The number of fused-ring (bicyclic) bond motifs is 1. The summed E-state index contributed by atoms with van der Waals surface area (Å²) in [5.41, 5.74) is 2.82. The van der Waals surface area contributed by atoms with Gasteiger partial charge in [0, 0.05) is 29.7 Å². The highest BCUT2D eigenvalue weighted by molar-refractivity contribution is 8.18. The van der Waals surface area contributed by atoms with Crippen molar-refractivity contribution in [2.45, 2.75) is 13.5 Å². The van der Waals surface area contributed by atoms with Gasteiger partial charge in [0.05, 0.1) is 30.9 Å². The van der Waals surface area contributed by atoms with E-state index in [0.29, 0.717) is 41.3 Å². The number of ether oxygens (including phenoxy) is 3. The summed E-state index contributed by atoms with van der Waals surface area (Å²) < 4.78 is 19.0. The largest absolute Gasteiger partial charge is 0.494 e. The Hall–Kier alpha value is -4.17. The van der Waals surface area contributed by atoms with Crippen LogP contribution in [0, 0.1) is 0 Å². The fourth-order valence-electron chi connectivity index (χ4n) is 4.25. The normalized spacial score (nSPS) is 15.6. The number of carbonyl (C=O) groups excluding carboxylic acids is 1. The van der Waals surface area contributed by atoms with Gasteiger partial charge < -0.3 is 18.8 Å². The van der Waals surface area contributed by atoms with Crippen LogP contribution in [0.1, 0.15) is 12.5 Å². The third-order valence-electron chi connectivity index (χ3n) is 6.14. The van der Waals surface area contributed by atoms with Crippen LogP contribution in [0.25, 0.3) is 17.0 Å². The van der Waals surface area contributed by atoms with Crippen molar-refractivity contribution in [3.8, 4) is 17.2 Å². The third-order valence-corrected chi connectivity index (χ3v) is 7.20. The summed E-state index contributed by atoms with van der Waals surface area (Å²) >= 11 is 1.38. The molecule has 4 aromatic rings. The number of hydrogen-bond acceptors (Lipinski definition) is 6. The molecule has 1 saturated heterocycles. The summed E-state index contributed by atoms with van der Waals surface area (Å²) in [7, 11) is 3.39. The SMILES string of the molecule is CCOc1ccc(N=C2SC(=Cc3cn(CCOc4ccccc4OC)c4ccccc34)C(=O)N2C)cc1. The van der Waals surface area contributed by atoms with Crippen molar-refractivity contribution in [2.75, 3.05) is 27.4 Å². The molecule has 7 nitrogen and oxygen atoms in total. The lowest BCUT2D eigenvalue weighted by molar-refractivity contribution is -0.121. The first-order valence-corrected chi connectivity index (χ1v) is 13.2. The maximum atomic E-state index is 13.1. The summed E-state index contributed by atoms with van der Waals surface area (Å²) in [5.74, 6) is 2.14. The number of benzene rings is 3. The van der Waals surface area contributed by atoms with Crippen molar-refractivity contribution in [3.63, 3.8) is 0 Å². The quantitative estimate of drug-likeness (QED) is 0.237. The molecule has 8 heteroatoms. The van der Waals surface area contributed by atoms with Crippen LogP contribution in [-0.4, -0.2) is 47.9 Å². The van der Waals surface area contributed by atoms with Gasteiger partial charge in [0.25, 0.3) is 5.91 Å². The Bertz CT molecular complexity index is 1510. The van der Waals surface area contributed by atoms with E-state index in [-0.39, 0.29) is 5.91 Å². The van der Waals surface area contributed by atoms with Crippen LogP contribution in [0.2, 0.25) is 0 Å². The number of amides is 1. The predicted molar refractivity (Wildman–Crippen MR) is 153 cm³/mol. The Morgan fingerprint density at radius 3 is 2.45 bits per heavy atom. The highest BCUT2D eigenvalue weighted by atomic mass is 32.2. The van der Waals surface area contributed by atoms with Crippen molar-refractivity contribution in [1.82, 2.24) is 9.47 Å². The molecular weight excluding hydrogens is 498 g/mol. The summed E-state index contributed by atoms with van der Waals surface area (Å²) in [4.78, 5) is 20.0. The number of aliphatic imine (C=N–C) groups is 1. The van der Waals surface area contributed by atoms with Gasteiger partial charge in [0.1, 0.15) is 12.4 Å². The minimum atomic E-state index is -0.0731. The van der Waals surface area contributed by atoms with E-state index in [2.05, 4.69) is 27.9 Å². The van der Waals surface area contributed by atoms with E-state index >= 15 is 0 Å². The molecular formula is C30H29N3O4S. The van der Waals surface area contributed by atoms with Gasteiger partial charge in [-0.15, -0.1) is 0 Å². The highest BCUT2D eigenvalue weighted by Crippen LogP contribution is 2.35. The maximum Gasteiger partial charge on any atom is 0.266 e. The number of thioether (sulfide) groups is 1. The second-order valence-electron chi connectivity index (χ2n) is 8.59. The van der Waals surface area contributed by atoms with Gasteiger partial charge in [-0.05, 0) is 67.2 Å². The zero-order chi connectivity index (χ0) is 26.5. The lowest BCUT2D eigenvalue weighted by atomic mass is 10.1. The standard InChI is InChI=1S/C30H29N3O4S/c1-4-36-23-15-13-22(14-16-23)31-30-32(2)29(34)28(38-30)19-21-20-33(25-10-6-5-9-24(21)25)17-18-37-27-12-8-7-11-26(27)35-3/h5-16,19-20H,4,17-18H2,1-3H3. The Labute approximate surface area is 226 Å². The molecule has 0 spiro atoms. The minimum absolute atomic E-state index is 0.0731. The Kier molecular flexibility index (Phi) is 7.70. The smallest absolute Gasteiger partial charge is 0.266 e. The Morgan fingerprint density at radius 2 is 1.68 bits per heavy atom. The van der Waals surface area contributed by atoms with Gasteiger partial charge in [0.2, 0.25) is 0 Å². The lowest BCUT2D eigenvalue weighted by Crippen LogP contribution is -2.23. The van der Waals surface area contributed by atoms with Crippen molar-refractivity contribution < 1.29 is 19.0 Å². The minimum Gasteiger partial charge on any atom is -0.494 e. The number of aromatic nitrogens is 1. The predicted octanol–water partition coefficient (Wildman–Crippen LogP) is 6.36. The van der Waals surface area contributed by atoms with Crippen LogP contribution < -0.4 is 14.2 Å². The molecule has 3 aromatic carbocycles. The van der Waals surface area contributed by atoms with E-state index in [1.165, 1.54) is 11.8 Å². The fraction of sp³-hybridized carbons (Fsp3) is 0.200. The summed E-state index contributed by atoms with van der Waals surface area (Å²) in [6.07, 6.45) is 4.02. The molecule has 38 heavy (non-hydrogen) atoms. The van der Waals surface area contributed by atoms with Gasteiger partial charge in [-0.2, -0.15) is 0 Å². The summed E-state index contributed by atoms with van der Waals surface area (Å²) in [5, 5.41) is 1.71. The number of para-hydroxylation sites is 3. The zero-order valence-electron chi connectivity index (χ0n) is 21.6. The van der Waals surface area contributed by atoms with E-state index in [1.807, 2.05) is 73.7 Å². The molecule has 194 valence electrons. The molecule has 0 radical (unpaired) electrons. The second-order valence-corrected chi connectivity index (χ2v) is 9.60. The van der Waals surface area contributed by atoms with Crippen molar-refractivity contribution in [1.29, 1.82) is 0 Å². The van der Waals surface area contributed by atoms with E-state index in [4.69, 9.17) is 14.2 Å². The first-order chi connectivity index (χ1) is 18.6. The molecule has 1 aromatic heterocycles. The first kappa shape index (κ1) is 25.5. The summed E-state index contributed by atoms with van der Waals surface area (Å²) in [6, 6.07) is 23.3. The van der Waals surface area contributed by atoms with E-state index in [9.17, 15) is 4.79 Å². The van der Waals surface area contributed by atoms with Gasteiger partial charge in [0.15, 0.2) is 16.7 Å². The van der Waals surface area contributed by atoms with E-state index in [1.54, 1.807) is 19.1 Å². The third kappa shape index (κ3) is 5.40. The number of nitrogens with zero attached hydrogens (tertiary/aromatic N) is 3. The van der Waals surface area contributed by atoms with Gasteiger partial charge in [-0.3, -0.25) is 9.69 Å². The molecule has 0 unspecified atom stereocenters.